The fourth-order valence-electron chi connectivity index (χ4n) is 1.94. The monoisotopic (exact) mass is 305 g/mol. The number of aryl methyl sites for hydroxylation is 1. The van der Waals surface area contributed by atoms with Crippen molar-refractivity contribution >= 4 is 22.9 Å². The summed E-state index contributed by atoms with van der Waals surface area (Å²) < 4.78 is 0. The van der Waals surface area contributed by atoms with Crippen molar-refractivity contribution in [1.82, 2.24) is 4.98 Å². The van der Waals surface area contributed by atoms with E-state index in [0.717, 1.165) is 22.7 Å². The number of hydrogen-bond acceptors (Lipinski definition) is 5. The Hall–Kier alpha value is -1.76. The van der Waals surface area contributed by atoms with Gasteiger partial charge in [0.15, 0.2) is 0 Å². The second-order valence-corrected chi connectivity index (χ2v) is 5.59. The minimum atomic E-state index is -0.214. The van der Waals surface area contributed by atoms with E-state index in [9.17, 15) is 4.79 Å². The third kappa shape index (κ3) is 4.63. The Bertz CT molecular complexity index is 598. The van der Waals surface area contributed by atoms with E-state index in [1.165, 1.54) is 11.3 Å². The summed E-state index contributed by atoms with van der Waals surface area (Å²) in [6, 6.07) is 7.63. The SMILES string of the molecule is NCCc1nc(C(=O)Nc2cccc(CCCO)c2)cs1. The summed E-state index contributed by atoms with van der Waals surface area (Å²) in [5, 5.41) is 14.3. The molecule has 4 N–H and O–H groups in total. The molecule has 0 bridgehead atoms. The highest BCUT2D eigenvalue weighted by molar-refractivity contribution is 7.09. The maximum absolute atomic E-state index is 12.1. The first-order valence-electron chi connectivity index (χ1n) is 6.88. The number of nitrogens with two attached hydrogens (primary N) is 1. The van der Waals surface area contributed by atoms with Gasteiger partial charge in [-0.3, -0.25) is 4.79 Å². The molecule has 0 aliphatic carbocycles. The van der Waals surface area contributed by atoms with Crippen LogP contribution in [-0.2, 0) is 12.8 Å². The van der Waals surface area contributed by atoms with Gasteiger partial charge in [0.25, 0.3) is 5.91 Å². The van der Waals surface area contributed by atoms with Crippen molar-refractivity contribution in [3.05, 3.63) is 45.9 Å². The zero-order chi connectivity index (χ0) is 15.1. The van der Waals surface area contributed by atoms with Gasteiger partial charge in [-0.2, -0.15) is 0 Å². The molecular weight excluding hydrogens is 286 g/mol. The van der Waals surface area contributed by atoms with Crippen LogP contribution in [0.3, 0.4) is 0 Å². The Morgan fingerprint density at radius 3 is 3.00 bits per heavy atom. The molecule has 2 aromatic rings. The Kier molecular flexibility index (Phi) is 5.86. The molecular formula is C15H19N3O2S. The second kappa shape index (κ2) is 7.87. The Morgan fingerprint density at radius 1 is 1.38 bits per heavy atom. The molecule has 0 atom stereocenters. The molecule has 0 saturated carbocycles. The second-order valence-electron chi connectivity index (χ2n) is 4.65. The molecule has 112 valence electrons. The molecule has 5 nitrogen and oxygen atoms in total. The minimum absolute atomic E-state index is 0.166. The maximum atomic E-state index is 12.1. The first kappa shape index (κ1) is 15.6. The number of hydrogen-bond donors (Lipinski definition) is 3. The standard InChI is InChI=1S/C15H19N3O2S/c16-7-6-14-18-13(10-21-14)15(20)17-12-5-1-3-11(9-12)4-2-8-19/h1,3,5,9-10,19H,2,4,6-8,16H2,(H,17,20). The number of rotatable bonds is 7. The van der Waals surface area contributed by atoms with E-state index >= 15 is 0 Å². The van der Waals surface area contributed by atoms with Crippen LogP contribution in [0.4, 0.5) is 5.69 Å². The van der Waals surface area contributed by atoms with Gasteiger partial charge in [-0.25, -0.2) is 4.98 Å². The molecule has 0 aliphatic heterocycles. The van der Waals surface area contributed by atoms with E-state index < -0.39 is 0 Å². The van der Waals surface area contributed by atoms with Crippen LogP contribution in [0.25, 0.3) is 0 Å². The zero-order valence-electron chi connectivity index (χ0n) is 11.7. The highest BCUT2D eigenvalue weighted by Crippen LogP contribution is 2.15. The number of thiazole rings is 1. The lowest BCUT2D eigenvalue weighted by Crippen LogP contribution is -2.13. The van der Waals surface area contributed by atoms with Crippen LogP contribution in [0, 0.1) is 0 Å². The number of carbonyl (C=O) groups excluding carboxylic acids is 1. The molecule has 0 spiro atoms. The predicted octanol–water partition coefficient (Wildman–Crippen LogP) is 1.82. The summed E-state index contributed by atoms with van der Waals surface area (Å²) in [6.07, 6.45) is 2.19. The number of aliphatic hydroxyl groups excluding tert-OH is 1. The van der Waals surface area contributed by atoms with Gasteiger partial charge in [-0.1, -0.05) is 12.1 Å². The molecule has 2 rings (SSSR count). The Balaban J connectivity index is 2.01. The lowest BCUT2D eigenvalue weighted by Gasteiger charge is -2.06. The average Bonchev–Trinajstić information content (AvgIpc) is 2.95. The molecule has 0 saturated heterocycles. The summed E-state index contributed by atoms with van der Waals surface area (Å²) in [4.78, 5) is 16.4. The predicted molar refractivity (Wildman–Crippen MR) is 84.7 cm³/mol. The molecule has 1 heterocycles. The number of carbonyl (C=O) groups is 1. The van der Waals surface area contributed by atoms with Crippen molar-refractivity contribution in [2.45, 2.75) is 19.3 Å². The van der Waals surface area contributed by atoms with Crippen molar-refractivity contribution in [3.63, 3.8) is 0 Å². The quantitative estimate of drug-likeness (QED) is 0.728. The summed E-state index contributed by atoms with van der Waals surface area (Å²) in [5.41, 5.74) is 7.72. The fraction of sp³-hybridized carbons (Fsp3) is 0.333. The third-order valence-corrected chi connectivity index (χ3v) is 3.86. The maximum Gasteiger partial charge on any atom is 0.275 e. The molecule has 0 unspecified atom stereocenters. The fourth-order valence-corrected chi connectivity index (χ4v) is 2.73. The molecule has 1 aromatic carbocycles. The van der Waals surface area contributed by atoms with Crippen LogP contribution in [0.1, 0.15) is 27.5 Å². The van der Waals surface area contributed by atoms with Crippen LogP contribution in [0.5, 0.6) is 0 Å². The summed E-state index contributed by atoms with van der Waals surface area (Å²) in [5.74, 6) is -0.214. The van der Waals surface area contributed by atoms with Gasteiger partial charge in [-0.15, -0.1) is 11.3 Å². The van der Waals surface area contributed by atoms with Crippen molar-refractivity contribution in [3.8, 4) is 0 Å². The van der Waals surface area contributed by atoms with E-state index in [0.29, 0.717) is 25.1 Å². The van der Waals surface area contributed by atoms with E-state index in [4.69, 9.17) is 10.8 Å². The van der Waals surface area contributed by atoms with Crippen molar-refractivity contribution in [2.24, 2.45) is 5.73 Å². The van der Waals surface area contributed by atoms with Crippen LogP contribution < -0.4 is 11.1 Å². The van der Waals surface area contributed by atoms with E-state index in [-0.39, 0.29) is 12.5 Å². The van der Waals surface area contributed by atoms with E-state index in [1.54, 1.807) is 5.38 Å². The molecule has 21 heavy (non-hydrogen) atoms. The number of nitrogens with zero attached hydrogens (tertiary/aromatic N) is 1. The van der Waals surface area contributed by atoms with Gasteiger partial charge in [-0.05, 0) is 37.1 Å². The highest BCUT2D eigenvalue weighted by Gasteiger charge is 2.11. The Morgan fingerprint density at radius 2 is 2.24 bits per heavy atom. The van der Waals surface area contributed by atoms with Gasteiger partial charge in [0.1, 0.15) is 5.69 Å². The number of nitrogens with one attached hydrogen (secondary N) is 1. The van der Waals surface area contributed by atoms with Gasteiger partial charge >= 0.3 is 0 Å². The number of anilines is 1. The van der Waals surface area contributed by atoms with Crippen LogP contribution in [0.15, 0.2) is 29.6 Å². The van der Waals surface area contributed by atoms with Gasteiger partial charge in [0.2, 0.25) is 0 Å². The normalized spacial score (nSPS) is 10.6. The number of amides is 1. The van der Waals surface area contributed by atoms with E-state index in [1.807, 2.05) is 24.3 Å². The number of aliphatic hydroxyl groups is 1. The average molecular weight is 305 g/mol. The van der Waals surface area contributed by atoms with Crippen molar-refractivity contribution < 1.29 is 9.90 Å². The first-order chi connectivity index (χ1) is 10.2. The smallest absolute Gasteiger partial charge is 0.275 e. The van der Waals surface area contributed by atoms with Crippen LogP contribution in [0.2, 0.25) is 0 Å². The van der Waals surface area contributed by atoms with Gasteiger partial charge < -0.3 is 16.2 Å². The van der Waals surface area contributed by atoms with E-state index in [2.05, 4.69) is 10.3 Å². The highest BCUT2D eigenvalue weighted by atomic mass is 32.1. The van der Waals surface area contributed by atoms with Crippen LogP contribution in [-0.4, -0.2) is 29.1 Å². The van der Waals surface area contributed by atoms with Crippen molar-refractivity contribution in [2.75, 3.05) is 18.5 Å². The summed E-state index contributed by atoms with van der Waals surface area (Å²) >= 11 is 1.45. The topological polar surface area (TPSA) is 88.2 Å². The number of benzene rings is 1. The molecule has 6 heteroatoms. The lowest BCUT2D eigenvalue weighted by atomic mass is 10.1. The van der Waals surface area contributed by atoms with Gasteiger partial charge in [0, 0.05) is 24.1 Å². The minimum Gasteiger partial charge on any atom is -0.396 e. The molecule has 0 fully saturated rings. The summed E-state index contributed by atoms with van der Waals surface area (Å²) in [6.45, 7) is 0.695. The van der Waals surface area contributed by atoms with Crippen LogP contribution >= 0.6 is 11.3 Å². The van der Waals surface area contributed by atoms with Crippen molar-refractivity contribution in [1.29, 1.82) is 0 Å². The van der Waals surface area contributed by atoms with Gasteiger partial charge in [0.05, 0.1) is 5.01 Å². The number of aromatic nitrogens is 1. The molecule has 0 radical (unpaired) electrons. The lowest BCUT2D eigenvalue weighted by molar-refractivity contribution is 0.102. The molecule has 1 amide bonds. The zero-order valence-corrected chi connectivity index (χ0v) is 12.5. The Labute approximate surface area is 127 Å². The molecule has 0 aliphatic rings. The first-order valence-corrected chi connectivity index (χ1v) is 7.76. The molecule has 1 aromatic heterocycles. The largest absolute Gasteiger partial charge is 0.396 e. The third-order valence-electron chi connectivity index (χ3n) is 2.95. The summed E-state index contributed by atoms with van der Waals surface area (Å²) in [7, 11) is 0.